The third kappa shape index (κ3) is 5.80. The molecule has 0 aliphatic heterocycles. The van der Waals surface area contributed by atoms with Crippen molar-refractivity contribution in [2.24, 2.45) is 0 Å². The van der Waals surface area contributed by atoms with E-state index < -0.39 is 0 Å². The zero-order valence-corrected chi connectivity index (χ0v) is 30.1. The van der Waals surface area contributed by atoms with Gasteiger partial charge in [-0.2, -0.15) is 0 Å². The van der Waals surface area contributed by atoms with Crippen LogP contribution in [-0.4, -0.2) is 0 Å². The lowest BCUT2D eigenvalue weighted by Gasteiger charge is -2.29. The SMILES string of the molecule is c1ccc(-c2ccccc2N(c2ccccc2)c2ccc3c(c2)oc2cc(N(c4ccccc4)c4ccccc4-c4ccccc4)c4ccccc4c23)cc1. The minimum absolute atomic E-state index is 0.837. The molecule has 0 saturated heterocycles. The molecule has 1 heterocycles. The predicted octanol–water partition coefficient (Wildman–Crippen LogP) is 15.0. The molecule has 0 amide bonds. The number of para-hydroxylation sites is 4. The lowest BCUT2D eigenvalue weighted by atomic mass is 9.98. The maximum atomic E-state index is 6.96. The molecule has 0 radical (unpaired) electrons. The van der Waals surface area contributed by atoms with Crippen LogP contribution in [0.15, 0.2) is 223 Å². The standard InChI is InChI=1S/C52H36N2O/c1-5-19-37(20-6-1)42-27-15-17-31-47(42)53(39-23-9-3-10-24-39)41-33-34-46-50(35-41)55-51-36-49(44-29-13-14-30-45(44)52(46)51)54(40-25-11-4-12-26-40)48-32-18-16-28-43(48)38-21-7-2-8-22-38/h1-36H. The van der Waals surface area contributed by atoms with E-state index in [0.29, 0.717) is 0 Å². The van der Waals surface area contributed by atoms with Gasteiger partial charge < -0.3 is 14.2 Å². The molecule has 9 aromatic carbocycles. The van der Waals surface area contributed by atoms with Crippen molar-refractivity contribution in [2.45, 2.75) is 0 Å². The molecule has 0 bridgehead atoms. The summed E-state index contributed by atoms with van der Waals surface area (Å²) in [6.45, 7) is 0. The lowest BCUT2D eigenvalue weighted by Crippen LogP contribution is -2.11. The minimum Gasteiger partial charge on any atom is -0.456 e. The second-order valence-corrected chi connectivity index (χ2v) is 13.7. The van der Waals surface area contributed by atoms with E-state index in [1.165, 1.54) is 5.56 Å². The van der Waals surface area contributed by atoms with Gasteiger partial charge in [-0.1, -0.05) is 158 Å². The number of benzene rings is 9. The van der Waals surface area contributed by atoms with E-state index >= 15 is 0 Å². The van der Waals surface area contributed by atoms with Gasteiger partial charge in [-0.3, -0.25) is 0 Å². The van der Waals surface area contributed by atoms with Crippen LogP contribution >= 0.6 is 0 Å². The second kappa shape index (κ2) is 13.9. The average Bonchev–Trinajstić information content (AvgIpc) is 3.64. The molecule has 10 rings (SSSR count). The molecule has 0 saturated carbocycles. The first kappa shape index (κ1) is 32.3. The molecular formula is C52H36N2O. The first-order chi connectivity index (χ1) is 27.3. The van der Waals surface area contributed by atoms with Gasteiger partial charge in [0.05, 0.1) is 17.1 Å². The Balaban J connectivity index is 1.19. The third-order valence-electron chi connectivity index (χ3n) is 10.4. The fourth-order valence-corrected chi connectivity index (χ4v) is 7.98. The highest BCUT2D eigenvalue weighted by Crippen LogP contribution is 2.48. The zero-order chi connectivity index (χ0) is 36.6. The lowest BCUT2D eigenvalue weighted by molar-refractivity contribution is 0.669. The molecule has 3 nitrogen and oxygen atoms in total. The normalized spacial score (nSPS) is 11.3. The maximum Gasteiger partial charge on any atom is 0.138 e. The molecule has 0 atom stereocenters. The third-order valence-corrected chi connectivity index (χ3v) is 10.4. The van der Waals surface area contributed by atoms with Crippen LogP contribution in [0.25, 0.3) is 55.0 Å². The summed E-state index contributed by atoms with van der Waals surface area (Å²) in [4.78, 5) is 4.70. The molecule has 0 unspecified atom stereocenters. The van der Waals surface area contributed by atoms with Gasteiger partial charge in [0.1, 0.15) is 11.2 Å². The fourth-order valence-electron chi connectivity index (χ4n) is 7.98. The summed E-state index contributed by atoms with van der Waals surface area (Å²) < 4.78 is 6.96. The molecule has 55 heavy (non-hydrogen) atoms. The smallest absolute Gasteiger partial charge is 0.138 e. The summed E-state index contributed by atoms with van der Waals surface area (Å²) in [6.07, 6.45) is 0. The Morgan fingerprint density at radius 1 is 0.291 bits per heavy atom. The van der Waals surface area contributed by atoms with Crippen LogP contribution in [0.1, 0.15) is 0 Å². The van der Waals surface area contributed by atoms with E-state index in [9.17, 15) is 0 Å². The minimum atomic E-state index is 0.837. The Hall–Kier alpha value is -7.36. The summed E-state index contributed by atoms with van der Waals surface area (Å²) in [6, 6.07) is 77.3. The topological polar surface area (TPSA) is 19.6 Å². The summed E-state index contributed by atoms with van der Waals surface area (Å²) in [5.74, 6) is 0. The molecule has 0 N–H and O–H groups in total. The number of hydrogen-bond acceptors (Lipinski definition) is 3. The number of anilines is 6. The van der Waals surface area contributed by atoms with Gasteiger partial charge in [0.15, 0.2) is 0 Å². The van der Waals surface area contributed by atoms with Crippen LogP contribution < -0.4 is 9.80 Å². The first-order valence-electron chi connectivity index (χ1n) is 18.7. The Morgan fingerprint density at radius 2 is 0.764 bits per heavy atom. The van der Waals surface area contributed by atoms with Crippen LogP contribution in [0.4, 0.5) is 34.1 Å². The highest BCUT2D eigenvalue weighted by atomic mass is 16.3. The van der Waals surface area contributed by atoms with Crippen molar-refractivity contribution >= 4 is 66.8 Å². The molecule has 0 spiro atoms. The monoisotopic (exact) mass is 704 g/mol. The van der Waals surface area contributed by atoms with Gasteiger partial charge in [-0.15, -0.1) is 0 Å². The fraction of sp³-hybridized carbons (Fsp3) is 0. The summed E-state index contributed by atoms with van der Waals surface area (Å²) >= 11 is 0. The van der Waals surface area contributed by atoms with E-state index in [4.69, 9.17) is 4.42 Å². The Morgan fingerprint density at radius 3 is 1.36 bits per heavy atom. The molecule has 0 aliphatic carbocycles. The molecule has 1 aromatic heterocycles. The molecular weight excluding hydrogens is 669 g/mol. The van der Waals surface area contributed by atoms with Crippen molar-refractivity contribution in [3.63, 3.8) is 0 Å². The van der Waals surface area contributed by atoms with Crippen molar-refractivity contribution in [3.05, 3.63) is 218 Å². The van der Waals surface area contributed by atoms with Crippen LogP contribution in [0.2, 0.25) is 0 Å². The maximum absolute atomic E-state index is 6.96. The first-order valence-corrected chi connectivity index (χ1v) is 18.7. The summed E-state index contributed by atoms with van der Waals surface area (Å²) in [7, 11) is 0. The summed E-state index contributed by atoms with van der Waals surface area (Å²) in [5, 5.41) is 4.49. The van der Waals surface area contributed by atoms with E-state index in [2.05, 4.69) is 228 Å². The van der Waals surface area contributed by atoms with Gasteiger partial charge in [0.2, 0.25) is 0 Å². The van der Waals surface area contributed by atoms with E-state index in [-0.39, 0.29) is 0 Å². The second-order valence-electron chi connectivity index (χ2n) is 13.7. The van der Waals surface area contributed by atoms with E-state index in [1.807, 2.05) is 0 Å². The number of furan rings is 1. The number of hydrogen-bond donors (Lipinski definition) is 0. The molecule has 3 heteroatoms. The van der Waals surface area contributed by atoms with Gasteiger partial charge in [-0.05, 0) is 65.0 Å². The Labute approximate surface area is 320 Å². The molecule has 260 valence electrons. The average molecular weight is 705 g/mol. The highest BCUT2D eigenvalue weighted by Gasteiger charge is 2.23. The van der Waals surface area contributed by atoms with Gasteiger partial charge >= 0.3 is 0 Å². The quantitative estimate of drug-likeness (QED) is 0.157. The Bertz CT molecular complexity index is 2920. The van der Waals surface area contributed by atoms with Crippen molar-refractivity contribution in [3.8, 4) is 22.3 Å². The number of nitrogens with zero attached hydrogens (tertiary/aromatic N) is 2. The molecule has 0 aliphatic rings. The largest absolute Gasteiger partial charge is 0.456 e. The van der Waals surface area contributed by atoms with Crippen LogP contribution in [0, 0.1) is 0 Å². The van der Waals surface area contributed by atoms with Crippen molar-refractivity contribution < 1.29 is 4.42 Å². The van der Waals surface area contributed by atoms with Crippen molar-refractivity contribution in [1.29, 1.82) is 0 Å². The zero-order valence-electron chi connectivity index (χ0n) is 30.1. The van der Waals surface area contributed by atoms with Crippen LogP contribution in [-0.2, 0) is 0 Å². The molecule has 0 fully saturated rings. The number of rotatable bonds is 8. The summed E-state index contributed by atoms with van der Waals surface area (Å²) in [5.41, 5.74) is 12.7. The van der Waals surface area contributed by atoms with Crippen molar-refractivity contribution in [2.75, 3.05) is 9.80 Å². The van der Waals surface area contributed by atoms with Crippen LogP contribution in [0.3, 0.4) is 0 Å². The molecule has 10 aromatic rings. The van der Waals surface area contributed by atoms with E-state index in [1.54, 1.807) is 0 Å². The van der Waals surface area contributed by atoms with Gasteiger partial charge in [0.25, 0.3) is 0 Å². The van der Waals surface area contributed by atoms with Gasteiger partial charge in [0, 0.05) is 56.5 Å². The van der Waals surface area contributed by atoms with Crippen molar-refractivity contribution in [1.82, 2.24) is 0 Å². The Kier molecular flexibility index (Phi) is 8.16. The number of fused-ring (bicyclic) bond motifs is 5. The van der Waals surface area contributed by atoms with Gasteiger partial charge in [-0.25, -0.2) is 0 Å². The van der Waals surface area contributed by atoms with Crippen LogP contribution in [0.5, 0.6) is 0 Å². The predicted molar refractivity (Wildman–Crippen MR) is 231 cm³/mol. The van der Waals surface area contributed by atoms with E-state index in [0.717, 1.165) is 83.5 Å². The highest BCUT2D eigenvalue weighted by molar-refractivity contribution is 6.23.